The van der Waals surface area contributed by atoms with Gasteiger partial charge in [0.1, 0.15) is 5.52 Å². The van der Waals surface area contributed by atoms with Crippen molar-refractivity contribution in [2.45, 2.75) is 19.3 Å². The number of oxazole rings is 1. The third kappa shape index (κ3) is 5.62. The first-order valence-corrected chi connectivity index (χ1v) is 10.8. The number of Topliss-reactive ketones (excluding diaryl/α,β-unsaturated/α-hetero) is 1. The van der Waals surface area contributed by atoms with Crippen molar-refractivity contribution in [2.24, 2.45) is 5.92 Å². The van der Waals surface area contributed by atoms with Crippen LogP contribution in [-0.4, -0.2) is 48.0 Å². The van der Waals surface area contributed by atoms with Crippen LogP contribution in [-0.2, 0) is 4.74 Å². The van der Waals surface area contributed by atoms with Crippen LogP contribution in [0.3, 0.4) is 0 Å². The molecule has 0 atom stereocenters. The third-order valence-electron chi connectivity index (χ3n) is 5.52. The number of nitrogens with zero attached hydrogens (tertiary/aromatic N) is 2. The maximum Gasteiger partial charge on any atom is 0.411 e. The second-order valence-corrected chi connectivity index (χ2v) is 8.07. The van der Waals surface area contributed by atoms with E-state index in [2.05, 4.69) is 15.2 Å². The van der Waals surface area contributed by atoms with E-state index >= 15 is 0 Å². The van der Waals surface area contributed by atoms with E-state index in [1.54, 1.807) is 42.5 Å². The minimum atomic E-state index is -0.494. The lowest BCUT2D eigenvalue weighted by Gasteiger charge is -2.31. The monoisotopic (exact) mass is 441 g/mol. The molecule has 7 nitrogen and oxygen atoms in total. The number of benzene rings is 2. The molecule has 3 aromatic rings. The van der Waals surface area contributed by atoms with Gasteiger partial charge >= 0.3 is 6.09 Å². The highest BCUT2D eigenvalue weighted by atomic mass is 35.5. The number of hydrogen-bond donors (Lipinski definition) is 1. The smallest absolute Gasteiger partial charge is 0.411 e. The van der Waals surface area contributed by atoms with Crippen molar-refractivity contribution < 1.29 is 18.7 Å². The Kier molecular flexibility index (Phi) is 6.84. The van der Waals surface area contributed by atoms with Crippen molar-refractivity contribution in [2.75, 3.05) is 31.6 Å². The zero-order valence-corrected chi connectivity index (χ0v) is 17.8. The second kappa shape index (κ2) is 9.94. The molecule has 1 saturated heterocycles. The molecule has 1 aliphatic rings. The number of likely N-dealkylation sites (tertiary alicyclic amines) is 1. The number of carbonyl (C=O) groups is 2. The van der Waals surface area contributed by atoms with Gasteiger partial charge < -0.3 is 14.1 Å². The van der Waals surface area contributed by atoms with Gasteiger partial charge in [0.15, 0.2) is 17.8 Å². The topological polar surface area (TPSA) is 84.7 Å². The number of piperidine rings is 1. The van der Waals surface area contributed by atoms with Crippen LogP contribution < -0.4 is 5.32 Å². The van der Waals surface area contributed by atoms with Crippen molar-refractivity contribution in [1.82, 2.24) is 9.88 Å². The zero-order valence-electron chi connectivity index (χ0n) is 17.1. The second-order valence-electron chi connectivity index (χ2n) is 7.64. The van der Waals surface area contributed by atoms with Gasteiger partial charge in [-0.1, -0.05) is 11.6 Å². The maximum absolute atomic E-state index is 12.6. The Bertz CT molecular complexity index is 1040. The number of hydrogen-bond acceptors (Lipinski definition) is 6. The molecule has 1 amide bonds. The number of halogens is 1. The molecule has 0 unspecified atom stereocenters. The standard InChI is InChI=1S/C23H24ClN3O4/c24-18-4-2-16(3-5-18)22(28)17-8-11-27(12-9-17)10-1-13-30-23(29)26-19-6-7-20-21(14-19)31-15-25-20/h2-7,14-15,17H,1,8-13H2,(H,26,29). The molecule has 1 N–H and O–H groups in total. The Balaban J connectivity index is 1.13. The summed E-state index contributed by atoms with van der Waals surface area (Å²) in [6.07, 6.45) is 3.29. The van der Waals surface area contributed by atoms with Crippen LogP contribution in [0.5, 0.6) is 0 Å². The molecule has 0 spiro atoms. The normalized spacial score (nSPS) is 15.1. The van der Waals surface area contributed by atoms with Crippen molar-refractivity contribution in [1.29, 1.82) is 0 Å². The summed E-state index contributed by atoms with van der Waals surface area (Å²) in [6.45, 7) is 2.90. The molecule has 0 radical (unpaired) electrons. The Labute approximate surface area is 185 Å². The third-order valence-corrected chi connectivity index (χ3v) is 5.77. The van der Waals surface area contributed by atoms with Crippen LogP contribution in [0.25, 0.3) is 11.1 Å². The first-order valence-electron chi connectivity index (χ1n) is 10.4. The van der Waals surface area contributed by atoms with Gasteiger partial charge in [0.25, 0.3) is 0 Å². The number of ether oxygens (including phenoxy) is 1. The van der Waals surface area contributed by atoms with Crippen molar-refractivity contribution in [3.63, 3.8) is 0 Å². The van der Waals surface area contributed by atoms with E-state index in [0.29, 0.717) is 22.9 Å². The summed E-state index contributed by atoms with van der Waals surface area (Å²) in [4.78, 5) is 30.9. The van der Waals surface area contributed by atoms with E-state index in [1.807, 2.05) is 0 Å². The fraction of sp³-hybridized carbons (Fsp3) is 0.348. The number of ketones is 1. The van der Waals surface area contributed by atoms with Gasteiger partial charge in [0, 0.05) is 34.8 Å². The minimum Gasteiger partial charge on any atom is -0.449 e. The van der Waals surface area contributed by atoms with Crippen LogP contribution in [0.4, 0.5) is 10.5 Å². The lowest BCUT2D eigenvalue weighted by molar-refractivity contribution is 0.0830. The van der Waals surface area contributed by atoms with Crippen LogP contribution in [0, 0.1) is 5.92 Å². The lowest BCUT2D eigenvalue weighted by atomic mass is 9.89. The first kappa shape index (κ1) is 21.3. The summed E-state index contributed by atoms with van der Waals surface area (Å²) in [5.41, 5.74) is 2.67. The molecule has 1 fully saturated rings. The SMILES string of the molecule is O=C(Nc1ccc2ncoc2c1)OCCCN1CCC(C(=O)c2ccc(Cl)cc2)CC1. The average Bonchev–Trinajstić information content (AvgIpc) is 3.25. The van der Waals surface area contributed by atoms with E-state index in [-0.39, 0.29) is 11.7 Å². The molecule has 162 valence electrons. The molecule has 2 heterocycles. The first-order chi connectivity index (χ1) is 15.1. The quantitative estimate of drug-likeness (QED) is 0.409. The van der Waals surface area contributed by atoms with Gasteiger partial charge in [0.2, 0.25) is 0 Å². The summed E-state index contributed by atoms with van der Waals surface area (Å²) in [5.74, 6) is 0.251. The van der Waals surface area contributed by atoms with Gasteiger partial charge in [-0.3, -0.25) is 10.1 Å². The van der Waals surface area contributed by atoms with E-state index in [1.165, 1.54) is 6.39 Å². The highest BCUT2D eigenvalue weighted by Gasteiger charge is 2.25. The van der Waals surface area contributed by atoms with Crippen LogP contribution in [0.2, 0.25) is 5.02 Å². The largest absolute Gasteiger partial charge is 0.449 e. The molecule has 0 saturated carbocycles. The van der Waals surface area contributed by atoms with Crippen LogP contribution in [0.15, 0.2) is 53.3 Å². The predicted octanol–water partition coefficient (Wildman–Crippen LogP) is 5.01. The molecule has 4 rings (SSSR count). The summed E-state index contributed by atoms with van der Waals surface area (Å²) in [5, 5.41) is 3.33. The van der Waals surface area contributed by atoms with Gasteiger partial charge in [-0.05, 0) is 68.8 Å². The predicted molar refractivity (Wildman–Crippen MR) is 119 cm³/mol. The molecule has 1 aliphatic heterocycles. The molecule has 31 heavy (non-hydrogen) atoms. The number of carbonyl (C=O) groups excluding carboxylic acids is 2. The van der Waals surface area contributed by atoms with Gasteiger partial charge in [-0.2, -0.15) is 0 Å². The number of anilines is 1. The Morgan fingerprint density at radius 3 is 2.71 bits per heavy atom. The summed E-state index contributed by atoms with van der Waals surface area (Å²) < 4.78 is 10.5. The molecule has 8 heteroatoms. The fourth-order valence-electron chi connectivity index (χ4n) is 3.81. The molecular formula is C23H24ClN3O4. The van der Waals surface area contributed by atoms with Crippen molar-refractivity contribution in [3.05, 3.63) is 59.4 Å². The van der Waals surface area contributed by atoms with E-state index < -0.39 is 6.09 Å². The van der Waals surface area contributed by atoms with Crippen molar-refractivity contribution in [3.8, 4) is 0 Å². The summed E-state index contributed by atoms with van der Waals surface area (Å²) >= 11 is 5.90. The molecule has 2 aromatic carbocycles. The average molecular weight is 442 g/mol. The Morgan fingerprint density at radius 1 is 1.16 bits per heavy atom. The Hall–Kier alpha value is -2.90. The number of amides is 1. The highest BCUT2D eigenvalue weighted by molar-refractivity contribution is 6.30. The molecule has 0 aliphatic carbocycles. The number of fused-ring (bicyclic) bond motifs is 1. The minimum absolute atomic E-state index is 0.0566. The Morgan fingerprint density at radius 2 is 1.94 bits per heavy atom. The van der Waals surface area contributed by atoms with Crippen LogP contribution in [0.1, 0.15) is 29.6 Å². The van der Waals surface area contributed by atoms with Crippen molar-refractivity contribution >= 4 is 40.3 Å². The molecule has 1 aromatic heterocycles. The summed E-state index contributed by atoms with van der Waals surface area (Å²) in [7, 11) is 0. The van der Waals surface area contributed by atoms with E-state index in [0.717, 1.165) is 50.0 Å². The van der Waals surface area contributed by atoms with Gasteiger partial charge in [-0.25, -0.2) is 9.78 Å². The zero-order chi connectivity index (χ0) is 21.6. The van der Waals surface area contributed by atoms with E-state index in [9.17, 15) is 9.59 Å². The lowest BCUT2D eigenvalue weighted by Crippen LogP contribution is -2.37. The highest BCUT2D eigenvalue weighted by Crippen LogP contribution is 2.23. The van der Waals surface area contributed by atoms with Gasteiger partial charge in [-0.15, -0.1) is 0 Å². The molecule has 0 bridgehead atoms. The molecular weight excluding hydrogens is 418 g/mol. The maximum atomic E-state index is 12.6. The number of rotatable bonds is 7. The fourth-order valence-corrected chi connectivity index (χ4v) is 3.93. The van der Waals surface area contributed by atoms with Crippen LogP contribution >= 0.6 is 11.6 Å². The number of aromatic nitrogens is 1. The van der Waals surface area contributed by atoms with E-state index in [4.69, 9.17) is 20.8 Å². The van der Waals surface area contributed by atoms with Gasteiger partial charge in [0.05, 0.1) is 6.61 Å². The number of nitrogens with one attached hydrogen (secondary N) is 1. The summed E-state index contributed by atoms with van der Waals surface area (Å²) in [6, 6.07) is 12.3.